The Morgan fingerprint density at radius 2 is 2.05 bits per heavy atom. The van der Waals surface area contributed by atoms with Gasteiger partial charge in [0, 0.05) is 16.6 Å². The molecule has 1 aromatic carbocycles. The largest absolute Gasteiger partial charge is 0.294 e. The highest BCUT2D eigenvalue weighted by atomic mass is 16.1. The number of rotatable bonds is 2. The smallest absolute Gasteiger partial charge is 0.160 e. The van der Waals surface area contributed by atoms with Gasteiger partial charge in [-0.1, -0.05) is 13.0 Å². The summed E-state index contributed by atoms with van der Waals surface area (Å²) in [6.07, 6.45) is 5.37. The molecule has 0 atom stereocenters. The molecule has 19 heavy (non-hydrogen) atoms. The zero-order valence-corrected chi connectivity index (χ0v) is 11.6. The number of benzene rings is 1. The van der Waals surface area contributed by atoms with Gasteiger partial charge in [0.15, 0.2) is 5.78 Å². The van der Waals surface area contributed by atoms with Crippen LogP contribution in [0.1, 0.15) is 53.9 Å². The minimum atomic E-state index is 0.179. The quantitative estimate of drug-likeness (QED) is 0.760. The Morgan fingerprint density at radius 3 is 2.79 bits per heavy atom. The van der Waals surface area contributed by atoms with Gasteiger partial charge in [-0.3, -0.25) is 9.78 Å². The highest BCUT2D eigenvalue weighted by Gasteiger charge is 2.20. The molecule has 1 aliphatic carbocycles. The summed E-state index contributed by atoms with van der Waals surface area (Å²) < 4.78 is 0. The summed E-state index contributed by atoms with van der Waals surface area (Å²) in [5, 5.41) is 1.05. The van der Waals surface area contributed by atoms with Crippen molar-refractivity contribution in [2.24, 2.45) is 0 Å². The lowest BCUT2D eigenvalue weighted by molar-refractivity contribution is 0.101. The van der Waals surface area contributed by atoms with Crippen molar-refractivity contribution < 1.29 is 4.79 Å². The average Bonchev–Trinajstić information content (AvgIpc) is 2.43. The van der Waals surface area contributed by atoms with Gasteiger partial charge in [0.25, 0.3) is 0 Å². The lowest BCUT2D eigenvalue weighted by Gasteiger charge is -2.19. The fraction of sp³-hybridized carbons (Fsp3) is 0.412. The van der Waals surface area contributed by atoms with Crippen LogP contribution in [0.15, 0.2) is 18.2 Å². The van der Waals surface area contributed by atoms with Gasteiger partial charge in [0.1, 0.15) is 0 Å². The van der Waals surface area contributed by atoms with Gasteiger partial charge < -0.3 is 0 Å². The first-order valence-electron chi connectivity index (χ1n) is 7.16. The lowest BCUT2D eigenvalue weighted by Crippen LogP contribution is -2.12. The Balaban J connectivity index is 2.36. The van der Waals surface area contributed by atoms with Crippen molar-refractivity contribution >= 4 is 16.7 Å². The van der Waals surface area contributed by atoms with Gasteiger partial charge in [-0.2, -0.15) is 0 Å². The molecule has 0 saturated heterocycles. The molecule has 0 amide bonds. The van der Waals surface area contributed by atoms with Crippen LogP contribution in [0.3, 0.4) is 0 Å². The molecular weight excluding hydrogens is 234 g/mol. The number of nitrogens with zero attached hydrogens (tertiary/aromatic N) is 1. The standard InChI is InChI=1S/C17H19NO/c1-3-12-8-9-16-14(10-12)17(11(2)19)13-6-4-5-7-15(13)18-16/h8-10H,3-7H2,1-2H3. The van der Waals surface area contributed by atoms with Crippen molar-refractivity contribution in [1.29, 1.82) is 0 Å². The van der Waals surface area contributed by atoms with Crippen molar-refractivity contribution in [2.75, 3.05) is 0 Å². The Kier molecular flexibility index (Phi) is 3.09. The Hall–Kier alpha value is -1.70. The van der Waals surface area contributed by atoms with E-state index in [0.29, 0.717) is 0 Å². The number of ketones is 1. The third kappa shape index (κ3) is 2.05. The number of carbonyl (C=O) groups excluding carboxylic acids is 1. The predicted octanol–water partition coefficient (Wildman–Crippen LogP) is 3.88. The molecule has 2 aromatic rings. The second kappa shape index (κ2) is 4.76. The highest BCUT2D eigenvalue weighted by molar-refractivity contribution is 6.07. The maximum Gasteiger partial charge on any atom is 0.160 e. The summed E-state index contributed by atoms with van der Waals surface area (Å²) in [6.45, 7) is 3.82. The Morgan fingerprint density at radius 1 is 1.26 bits per heavy atom. The van der Waals surface area contributed by atoms with Crippen LogP contribution in [-0.2, 0) is 19.3 Å². The zero-order valence-electron chi connectivity index (χ0n) is 11.6. The molecule has 1 heterocycles. The average molecular weight is 253 g/mol. The predicted molar refractivity (Wildman–Crippen MR) is 77.8 cm³/mol. The molecule has 0 radical (unpaired) electrons. The molecule has 0 aliphatic heterocycles. The first-order valence-corrected chi connectivity index (χ1v) is 7.16. The van der Waals surface area contributed by atoms with Crippen LogP contribution in [0.4, 0.5) is 0 Å². The van der Waals surface area contributed by atoms with Gasteiger partial charge in [-0.25, -0.2) is 0 Å². The molecule has 0 spiro atoms. The third-order valence-electron chi connectivity index (χ3n) is 4.09. The summed E-state index contributed by atoms with van der Waals surface area (Å²) in [7, 11) is 0. The minimum absolute atomic E-state index is 0.179. The van der Waals surface area contributed by atoms with Gasteiger partial charge in [0.05, 0.1) is 5.52 Å². The van der Waals surface area contributed by atoms with Crippen LogP contribution in [0.5, 0.6) is 0 Å². The van der Waals surface area contributed by atoms with Crippen molar-refractivity contribution in [3.05, 3.63) is 40.6 Å². The molecule has 0 unspecified atom stereocenters. The Bertz CT molecular complexity index is 658. The molecule has 3 rings (SSSR count). The van der Waals surface area contributed by atoms with E-state index in [9.17, 15) is 4.79 Å². The summed E-state index contributed by atoms with van der Waals surface area (Å²) in [6, 6.07) is 6.33. The summed E-state index contributed by atoms with van der Waals surface area (Å²) in [5.74, 6) is 0.179. The molecule has 98 valence electrons. The van der Waals surface area contributed by atoms with E-state index < -0.39 is 0 Å². The van der Waals surface area contributed by atoms with E-state index in [0.717, 1.165) is 41.4 Å². The summed E-state index contributed by atoms with van der Waals surface area (Å²) in [4.78, 5) is 16.9. The summed E-state index contributed by atoms with van der Waals surface area (Å²) in [5.41, 5.74) is 5.53. The number of pyridine rings is 1. The highest BCUT2D eigenvalue weighted by Crippen LogP contribution is 2.30. The lowest BCUT2D eigenvalue weighted by atomic mass is 9.88. The number of Topliss-reactive ketones (excluding diaryl/α,β-unsaturated/α-hetero) is 1. The SMILES string of the molecule is CCc1ccc2nc3c(c(C(C)=O)c2c1)CCCC3. The van der Waals surface area contributed by atoms with E-state index >= 15 is 0 Å². The normalized spacial score (nSPS) is 14.4. The van der Waals surface area contributed by atoms with Gasteiger partial charge in [0.2, 0.25) is 0 Å². The van der Waals surface area contributed by atoms with Gasteiger partial charge >= 0.3 is 0 Å². The van der Waals surface area contributed by atoms with E-state index in [4.69, 9.17) is 4.98 Å². The number of fused-ring (bicyclic) bond motifs is 2. The van der Waals surface area contributed by atoms with Crippen LogP contribution in [-0.4, -0.2) is 10.8 Å². The zero-order chi connectivity index (χ0) is 13.4. The van der Waals surface area contributed by atoms with Crippen LogP contribution in [0.25, 0.3) is 10.9 Å². The molecule has 1 aliphatic rings. The molecule has 2 nitrogen and oxygen atoms in total. The van der Waals surface area contributed by atoms with Crippen LogP contribution < -0.4 is 0 Å². The second-order valence-corrected chi connectivity index (χ2v) is 5.38. The van der Waals surface area contributed by atoms with E-state index in [2.05, 4.69) is 25.1 Å². The first kappa shape index (κ1) is 12.3. The molecule has 0 bridgehead atoms. The monoisotopic (exact) mass is 253 g/mol. The third-order valence-corrected chi connectivity index (χ3v) is 4.09. The van der Waals surface area contributed by atoms with Crippen LogP contribution in [0.2, 0.25) is 0 Å². The van der Waals surface area contributed by atoms with E-state index in [1.165, 1.54) is 24.0 Å². The van der Waals surface area contributed by atoms with E-state index in [-0.39, 0.29) is 5.78 Å². The minimum Gasteiger partial charge on any atom is -0.294 e. The fourth-order valence-electron chi connectivity index (χ4n) is 3.09. The maximum atomic E-state index is 12.1. The van der Waals surface area contributed by atoms with Crippen LogP contribution >= 0.6 is 0 Å². The van der Waals surface area contributed by atoms with E-state index in [1.807, 2.05) is 0 Å². The van der Waals surface area contributed by atoms with E-state index in [1.54, 1.807) is 6.92 Å². The number of aromatic nitrogens is 1. The second-order valence-electron chi connectivity index (χ2n) is 5.38. The van der Waals surface area contributed by atoms with Crippen molar-refractivity contribution in [2.45, 2.75) is 46.0 Å². The molecule has 0 saturated carbocycles. The number of hydrogen-bond acceptors (Lipinski definition) is 2. The number of hydrogen-bond donors (Lipinski definition) is 0. The fourth-order valence-corrected chi connectivity index (χ4v) is 3.09. The topological polar surface area (TPSA) is 30.0 Å². The number of aryl methyl sites for hydroxylation is 2. The molecular formula is C17H19NO. The van der Waals surface area contributed by atoms with Gasteiger partial charge in [-0.15, -0.1) is 0 Å². The van der Waals surface area contributed by atoms with Crippen LogP contribution in [0, 0.1) is 0 Å². The molecule has 1 aromatic heterocycles. The maximum absolute atomic E-state index is 12.1. The van der Waals surface area contributed by atoms with Gasteiger partial charge in [-0.05, 0) is 62.3 Å². The van der Waals surface area contributed by atoms with Crippen molar-refractivity contribution in [1.82, 2.24) is 4.98 Å². The molecule has 0 fully saturated rings. The first-order chi connectivity index (χ1) is 9.20. The van der Waals surface area contributed by atoms with Crippen molar-refractivity contribution in [3.8, 4) is 0 Å². The molecule has 0 N–H and O–H groups in total. The molecule has 2 heteroatoms. The summed E-state index contributed by atoms with van der Waals surface area (Å²) >= 11 is 0. The Labute approximate surface area is 113 Å². The number of carbonyl (C=O) groups is 1. The van der Waals surface area contributed by atoms with Crippen molar-refractivity contribution in [3.63, 3.8) is 0 Å².